The van der Waals surface area contributed by atoms with Gasteiger partial charge in [0.15, 0.2) is 0 Å². The van der Waals surface area contributed by atoms with Crippen LogP contribution in [-0.4, -0.2) is 39.2 Å². The number of thiocarbonyl (C=S) groups is 1. The SMILES string of the molecule is O=C(CCN1C(=O)/C(=C\c2ccco2)SC1=S)NCCc1ccc(O)cc1. The Labute approximate surface area is 166 Å². The second kappa shape index (κ2) is 8.88. The lowest BCUT2D eigenvalue weighted by molar-refractivity contribution is -0.123. The number of hydrogen-bond donors (Lipinski definition) is 2. The minimum Gasteiger partial charge on any atom is -0.508 e. The van der Waals surface area contributed by atoms with Crippen molar-refractivity contribution in [1.29, 1.82) is 0 Å². The summed E-state index contributed by atoms with van der Waals surface area (Å²) in [5.41, 5.74) is 1.02. The first kappa shape index (κ1) is 19.2. The van der Waals surface area contributed by atoms with Crippen LogP contribution in [0.2, 0.25) is 0 Å². The Bertz CT molecular complexity index is 860. The van der Waals surface area contributed by atoms with E-state index in [9.17, 15) is 14.7 Å². The van der Waals surface area contributed by atoms with Gasteiger partial charge in [-0.25, -0.2) is 0 Å². The predicted molar refractivity (Wildman–Crippen MR) is 108 cm³/mol. The van der Waals surface area contributed by atoms with Gasteiger partial charge in [-0.05, 0) is 36.2 Å². The van der Waals surface area contributed by atoms with Gasteiger partial charge in [-0.3, -0.25) is 14.5 Å². The van der Waals surface area contributed by atoms with E-state index < -0.39 is 0 Å². The van der Waals surface area contributed by atoms with E-state index in [4.69, 9.17) is 16.6 Å². The number of benzene rings is 1. The molecule has 1 fully saturated rings. The topological polar surface area (TPSA) is 82.8 Å². The third-order valence-electron chi connectivity index (χ3n) is 3.92. The summed E-state index contributed by atoms with van der Waals surface area (Å²) in [4.78, 5) is 26.4. The molecule has 1 aliphatic rings. The van der Waals surface area contributed by atoms with Crippen LogP contribution in [0.1, 0.15) is 17.7 Å². The van der Waals surface area contributed by atoms with Gasteiger partial charge in [0.05, 0.1) is 11.2 Å². The zero-order chi connectivity index (χ0) is 19.2. The number of phenols is 1. The van der Waals surface area contributed by atoms with Gasteiger partial charge in [-0.1, -0.05) is 36.1 Å². The van der Waals surface area contributed by atoms with E-state index in [2.05, 4.69) is 5.32 Å². The van der Waals surface area contributed by atoms with Crippen LogP contribution in [0, 0.1) is 0 Å². The van der Waals surface area contributed by atoms with Crippen LogP contribution in [0.3, 0.4) is 0 Å². The Morgan fingerprint density at radius 2 is 2.07 bits per heavy atom. The van der Waals surface area contributed by atoms with Gasteiger partial charge in [0.1, 0.15) is 15.8 Å². The number of carbonyl (C=O) groups is 2. The normalized spacial score (nSPS) is 15.6. The molecule has 0 saturated carbocycles. The second-order valence-corrected chi connectivity index (χ2v) is 7.54. The van der Waals surface area contributed by atoms with Crippen molar-refractivity contribution in [3.8, 4) is 5.75 Å². The van der Waals surface area contributed by atoms with Crippen LogP contribution in [0.4, 0.5) is 0 Å². The van der Waals surface area contributed by atoms with E-state index in [1.807, 2.05) is 12.1 Å². The summed E-state index contributed by atoms with van der Waals surface area (Å²) < 4.78 is 5.66. The first-order chi connectivity index (χ1) is 13.0. The molecule has 3 rings (SSSR count). The summed E-state index contributed by atoms with van der Waals surface area (Å²) >= 11 is 6.45. The summed E-state index contributed by atoms with van der Waals surface area (Å²) in [6.07, 6.45) is 4.03. The molecular weight excluding hydrogens is 384 g/mol. The molecule has 2 heterocycles. The van der Waals surface area contributed by atoms with Crippen LogP contribution in [0.5, 0.6) is 5.75 Å². The fourth-order valence-corrected chi connectivity index (χ4v) is 3.79. The van der Waals surface area contributed by atoms with Crippen molar-refractivity contribution >= 4 is 46.2 Å². The molecule has 0 bridgehead atoms. The maximum atomic E-state index is 12.4. The third kappa shape index (κ3) is 5.21. The fraction of sp³-hybridized carbons (Fsp3) is 0.211. The summed E-state index contributed by atoms with van der Waals surface area (Å²) in [5.74, 6) is 0.450. The molecule has 0 aliphatic carbocycles. The number of nitrogens with one attached hydrogen (secondary N) is 1. The lowest BCUT2D eigenvalue weighted by atomic mass is 10.1. The van der Waals surface area contributed by atoms with Crippen LogP contribution in [0.15, 0.2) is 52.0 Å². The third-order valence-corrected chi connectivity index (χ3v) is 5.30. The van der Waals surface area contributed by atoms with Crippen LogP contribution < -0.4 is 5.32 Å². The Balaban J connectivity index is 1.45. The highest BCUT2D eigenvalue weighted by Crippen LogP contribution is 2.32. The van der Waals surface area contributed by atoms with Gasteiger partial charge >= 0.3 is 0 Å². The van der Waals surface area contributed by atoms with Crippen LogP contribution in [0.25, 0.3) is 6.08 Å². The van der Waals surface area contributed by atoms with Gasteiger partial charge < -0.3 is 14.8 Å². The molecule has 140 valence electrons. The standard InChI is InChI=1S/C19H18N2O4S2/c22-14-5-3-13(4-6-14)7-9-20-17(23)8-10-21-18(24)16(27-19(21)26)12-15-2-1-11-25-15/h1-6,11-12,22H,7-10H2,(H,20,23)/b16-12+. The average Bonchev–Trinajstić information content (AvgIpc) is 3.24. The van der Waals surface area contributed by atoms with Crippen molar-refractivity contribution in [2.75, 3.05) is 13.1 Å². The predicted octanol–water partition coefficient (Wildman–Crippen LogP) is 2.94. The number of carbonyl (C=O) groups excluding carboxylic acids is 2. The Kier molecular flexibility index (Phi) is 6.31. The van der Waals surface area contributed by atoms with Gasteiger partial charge in [-0.2, -0.15) is 0 Å². The number of aromatic hydroxyl groups is 1. The number of phenolic OH excluding ortho intramolecular Hbond substituents is 1. The first-order valence-corrected chi connectivity index (χ1v) is 9.59. The zero-order valence-electron chi connectivity index (χ0n) is 14.4. The van der Waals surface area contributed by atoms with Gasteiger partial charge in [0.2, 0.25) is 5.91 Å². The van der Waals surface area contributed by atoms with Crippen molar-refractivity contribution in [2.24, 2.45) is 0 Å². The Morgan fingerprint density at radius 1 is 1.30 bits per heavy atom. The summed E-state index contributed by atoms with van der Waals surface area (Å²) in [6.45, 7) is 0.728. The molecule has 2 amide bonds. The van der Waals surface area contributed by atoms with Crippen LogP contribution in [-0.2, 0) is 16.0 Å². The molecule has 2 aromatic rings. The van der Waals surface area contributed by atoms with E-state index in [0.717, 1.165) is 5.56 Å². The molecule has 27 heavy (non-hydrogen) atoms. The minimum absolute atomic E-state index is 0.141. The monoisotopic (exact) mass is 402 g/mol. The number of furan rings is 1. The molecule has 0 unspecified atom stereocenters. The number of rotatable bonds is 7. The van der Waals surface area contributed by atoms with Crippen LogP contribution >= 0.6 is 24.0 Å². The Morgan fingerprint density at radius 3 is 2.78 bits per heavy atom. The highest BCUT2D eigenvalue weighted by atomic mass is 32.2. The van der Waals surface area contributed by atoms with Gasteiger partial charge in [0, 0.05) is 25.6 Å². The molecule has 1 aliphatic heterocycles. The van der Waals surface area contributed by atoms with E-state index in [0.29, 0.717) is 28.0 Å². The smallest absolute Gasteiger partial charge is 0.266 e. The molecule has 8 heteroatoms. The summed E-state index contributed by atoms with van der Waals surface area (Å²) in [7, 11) is 0. The summed E-state index contributed by atoms with van der Waals surface area (Å²) in [6, 6.07) is 10.4. The summed E-state index contributed by atoms with van der Waals surface area (Å²) in [5, 5.41) is 12.1. The number of nitrogens with zero attached hydrogens (tertiary/aromatic N) is 1. The highest BCUT2D eigenvalue weighted by Gasteiger charge is 2.32. The molecule has 0 atom stereocenters. The van der Waals surface area contributed by atoms with Crippen molar-refractivity contribution in [2.45, 2.75) is 12.8 Å². The average molecular weight is 402 g/mol. The van der Waals surface area contributed by atoms with Gasteiger partial charge in [0.25, 0.3) is 5.91 Å². The molecule has 1 saturated heterocycles. The molecule has 1 aromatic carbocycles. The lowest BCUT2D eigenvalue weighted by Crippen LogP contribution is -2.34. The zero-order valence-corrected chi connectivity index (χ0v) is 16.0. The molecule has 1 aromatic heterocycles. The van der Waals surface area contributed by atoms with Gasteiger partial charge in [-0.15, -0.1) is 0 Å². The van der Waals surface area contributed by atoms with E-state index in [1.54, 1.807) is 30.3 Å². The second-order valence-electron chi connectivity index (χ2n) is 5.87. The van der Waals surface area contributed by atoms with Crippen molar-refractivity contribution in [1.82, 2.24) is 10.2 Å². The lowest BCUT2D eigenvalue weighted by Gasteiger charge is -2.14. The maximum Gasteiger partial charge on any atom is 0.266 e. The first-order valence-electron chi connectivity index (χ1n) is 8.36. The molecule has 2 N–H and O–H groups in total. The molecule has 6 nitrogen and oxygen atoms in total. The Hall–Kier alpha value is -2.58. The van der Waals surface area contributed by atoms with Crippen molar-refractivity contribution in [3.05, 3.63) is 58.9 Å². The van der Waals surface area contributed by atoms with E-state index >= 15 is 0 Å². The number of hydrogen-bond acceptors (Lipinski definition) is 6. The number of amides is 2. The minimum atomic E-state index is -0.210. The van der Waals surface area contributed by atoms with E-state index in [1.165, 1.54) is 22.9 Å². The largest absolute Gasteiger partial charge is 0.508 e. The number of thioether (sulfide) groups is 1. The molecule has 0 radical (unpaired) electrons. The molecular formula is C19H18N2O4S2. The quantitative estimate of drug-likeness (QED) is 0.547. The van der Waals surface area contributed by atoms with Crippen molar-refractivity contribution in [3.63, 3.8) is 0 Å². The van der Waals surface area contributed by atoms with Crippen molar-refractivity contribution < 1.29 is 19.1 Å². The maximum absolute atomic E-state index is 12.4. The fourth-order valence-electron chi connectivity index (χ4n) is 2.51. The van der Waals surface area contributed by atoms with E-state index in [-0.39, 0.29) is 30.5 Å². The molecule has 0 spiro atoms. The highest BCUT2D eigenvalue weighted by molar-refractivity contribution is 8.26.